The van der Waals surface area contributed by atoms with Gasteiger partial charge < -0.3 is 10.4 Å². The Hall–Kier alpha value is -3.92. The molecule has 2 bridgehead atoms. The lowest BCUT2D eigenvalue weighted by Crippen LogP contribution is -2.38. The van der Waals surface area contributed by atoms with Crippen molar-refractivity contribution in [2.24, 2.45) is 5.41 Å². The highest BCUT2D eigenvalue weighted by atomic mass is 19.1. The molecule has 3 heterocycles. The zero-order valence-electron chi connectivity index (χ0n) is 21.3. The van der Waals surface area contributed by atoms with Crippen LogP contribution in [0.5, 0.6) is 0 Å². The number of aliphatic hydroxyl groups is 1. The van der Waals surface area contributed by atoms with E-state index in [1.165, 1.54) is 18.2 Å². The van der Waals surface area contributed by atoms with Crippen LogP contribution in [0.1, 0.15) is 56.5 Å². The van der Waals surface area contributed by atoms with Gasteiger partial charge in [0.2, 0.25) is 5.95 Å². The fourth-order valence-electron chi connectivity index (χ4n) is 6.27. The van der Waals surface area contributed by atoms with Crippen molar-refractivity contribution in [1.82, 2.24) is 30.1 Å². The van der Waals surface area contributed by atoms with Gasteiger partial charge in [0.05, 0.1) is 39.7 Å². The maximum Gasteiger partial charge on any atom is 0.222 e. The first-order valence-corrected chi connectivity index (χ1v) is 12.6. The minimum absolute atomic E-state index is 0.141. The number of fused-ring (bicyclic) bond motifs is 5. The van der Waals surface area contributed by atoms with Gasteiger partial charge >= 0.3 is 0 Å². The predicted octanol–water partition coefficient (Wildman–Crippen LogP) is 4.66. The van der Waals surface area contributed by atoms with Crippen molar-refractivity contribution in [2.75, 3.05) is 11.9 Å². The van der Waals surface area contributed by atoms with Gasteiger partial charge in [-0.25, -0.2) is 28.7 Å². The number of nitrogens with one attached hydrogen (secondary N) is 1. The summed E-state index contributed by atoms with van der Waals surface area (Å²) in [7, 11) is 0. The molecule has 2 N–H and O–H groups in total. The molecule has 0 aliphatic heterocycles. The summed E-state index contributed by atoms with van der Waals surface area (Å²) in [4.78, 5) is 18.1. The van der Waals surface area contributed by atoms with Crippen molar-refractivity contribution >= 4 is 5.95 Å². The molecule has 38 heavy (non-hydrogen) atoms. The van der Waals surface area contributed by atoms with Gasteiger partial charge in [-0.1, -0.05) is 19.9 Å². The summed E-state index contributed by atoms with van der Waals surface area (Å²) in [5, 5.41) is 21.3. The normalized spacial score (nSPS) is 21.8. The molecule has 10 heteroatoms. The topological polar surface area (TPSA) is 110 Å². The van der Waals surface area contributed by atoms with Crippen LogP contribution in [-0.4, -0.2) is 47.9 Å². The van der Waals surface area contributed by atoms with E-state index in [1.54, 1.807) is 31.6 Å². The van der Waals surface area contributed by atoms with Gasteiger partial charge in [-0.2, -0.15) is 5.10 Å². The summed E-state index contributed by atoms with van der Waals surface area (Å²) in [5.74, 6) is -0.282. The molecule has 1 fully saturated rings. The number of hydrogen-bond acceptors (Lipinski definition) is 8. The van der Waals surface area contributed by atoms with E-state index in [0.29, 0.717) is 23.9 Å². The van der Waals surface area contributed by atoms with Crippen LogP contribution in [0.25, 0.3) is 22.6 Å². The molecule has 0 radical (unpaired) electrons. The molecule has 194 valence electrons. The first-order valence-electron chi connectivity index (χ1n) is 12.6. The second kappa shape index (κ2) is 8.83. The molecule has 0 spiro atoms. The van der Waals surface area contributed by atoms with Gasteiger partial charge in [-0.3, -0.25) is 0 Å². The van der Waals surface area contributed by atoms with Gasteiger partial charge in [0.1, 0.15) is 11.6 Å². The number of aromatic nitrogens is 6. The average Bonchev–Trinajstić information content (AvgIpc) is 3.28. The molecule has 1 aromatic carbocycles. The zero-order valence-corrected chi connectivity index (χ0v) is 21.3. The van der Waals surface area contributed by atoms with E-state index >= 15 is 0 Å². The summed E-state index contributed by atoms with van der Waals surface area (Å²) >= 11 is 0. The summed E-state index contributed by atoms with van der Waals surface area (Å²) in [6.45, 7) is 6.42. The predicted molar refractivity (Wildman–Crippen MR) is 137 cm³/mol. The Morgan fingerprint density at radius 1 is 1.08 bits per heavy atom. The Morgan fingerprint density at radius 2 is 1.82 bits per heavy atom. The van der Waals surface area contributed by atoms with Crippen molar-refractivity contribution < 1.29 is 13.9 Å². The van der Waals surface area contributed by atoms with E-state index in [2.05, 4.69) is 44.3 Å². The van der Waals surface area contributed by atoms with Crippen LogP contribution < -0.4 is 5.32 Å². The van der Waals surface area contributed by atoms with E-state index in [1.807, 2.05) is 6.07 Å². The van der Waals surface area contributed by atoms with Crippen LogP contribution in [0.2, 0.25) is 0 Å². The third kappa shape index (κ3) is 3.58. The van der Waals surface area contributed by atoms with Gasteiger partial charge in [0.25, 0.3) is 0 Å². The summed E-state index contributed by atoms with van der Waals surface area (Å²) in [6.07, 6.45) is 6.23. The number of anilines is 1. The van der Waals surface area contributed by atoms with Crippen molar-refractivity contribution in [2.45, 2.75) is 51.0 Å². The number of hydrogen-bond donors (Lipinski definition) is 2. The standard InChI is InChI=1S/C28H27F2N7O/c1-15(38)12-32-26-33-13-16(14-34-26)25-31-10-8-22(35-25)28-9-7-18(27(28,2)3)17-11-21(36-37-24(17)28)23-19(29)5-4-6-20(23)30/h4-6,8,10-11,13-15,18,38H,7,9,12H2,1-3H3,(H,32,33,34)/t15-,18-,28-/m0/s1. The molecular formula is C28H27F2N7O. The second-order valence-corrected chi connectivity index (χ2v) is 10.6. The molecule has 2 aliphatic carbocycles. The quantitative estimate of drug-likeness (QED) is 0.382. The van der Waals surface area contributed by atoms with E-state index < -0.39 is 23.2 Å². The largest absolute Gasteiger partial charge is 0.392 e. The van der Waals surface area contributed by atoms with Crippen molar-refractivity contribution in [3.05, 3.63) is 77.5 Å². The third-order valence-electron chi connectivity index (χ3n) is 8.16. The maximum absolute atomic E-state index is 14.5. The van der Waals surface area contributed by atoms with Crippen LogP contribution in [0.15, 0.2) is 48.9 Å². The third-order valence-corrected chi connectivity index (χ3v) is 8.16. The summed E-state index contributed by atoms with van der Waals surface area (Å²) in [5.41, 5.74) is 2.51. The first-order chi connectivity index (χ1) is 18.2. The molecule has 0 unspecified atom stereocenters. The fourth-order valence-corrected chi connectivity index (χ4v) is 6.27. The van der Waals surface area contributed by atoms with E-state index in [0.717, 1.165) is 29.8 Å². The highest BCUT2D eigenvalue weighted by molar-refractivity contribution is 5.64. The second-order valence-electron chi connectivity index (χ2n) is 10.6. The van der Waals surface area contributed by atoms with E-state index in [4.69, 9.17) is 4.98 Å². The van der Waals surface area contributed by atoms with E-state index in [9.17, 15) is 13.9 Å². The molecule has 2 aliphatic rings. The Morgan fingerprint density at radius 3 is 2.53 bits per heavy atom. The monoisotopic (exact) mass is 515 g/mol. The average molecular weight is 516 g/mol. The smallest absolute Gasteiger partial charge is 0.222 e. The van der Waals surface area contributed by atoms with Gasteiger partial charge in [-0.05, 0) is 60.9 Å². The Balaban J connectivity index is 1.40. The molecule has 6 rings (SSSR count). The van der Waals surface area contributed by atoms with Crippen LogP contribution >= 0.6 is 0 Å². The number of benzene rings is 1. The number of halogens is 2. The van der Waals surface area contributed by atoms with Gasteiger partial charge in [-0.15, -0.1) is 5.10 Å². The molecule has 3 atom stereocenters. The Kier molecular flexibility index (Phi) is 5.68. The molecule has 1 saturated carbocycles. The number of nitrogens with zero attached hydrogens (tertiary/aromatic N) is 6. The lowest BCUT2D eigenvalue weighted by atomic mass is 9.66. The number of aliphatic hydroxyl groups excluding tert-OH is 1. The lowest BCUT2D eigenvalue weighted by molar-refractivity contribution is 0.208. The Bertz CT molecular complexity index is 1510. The first kappa shape index (κ1) is 24.4. The number of rotatable bonds is 6. The highest BCUT2D eigenvalue weighted by Gasteiger charge is 2.65. The Labute approximate surface area is 218 Å². The van der Waals surface area contributed by atoms with Crippen LogP contribution in [0.3, 0.4) is 0 Å². The van der Waals surface area contributed by atoms with Crippen molar-refractivity contribution in [3.8, 4) is 22.6 Å². The lowest BCUT2D eigenvalue weighted by Gasteiger charge is -2.37. The van der Waals surface area contributed by atoms with Gasteiger partial charge in [0.15, 0.2) is 5.82 Å². The van der Waals surface area contributed by atoms with Crippen molar-refractivity contribution in [3.63, 3.8) is 0 Å². The van der Waals surface area contributed by atoms with Crippen LogP contribution in [0, 0.1) is 17.0 Å². The van der Waals surface area contributed by atoms with Gasteiger partial charge in [0, 0.05) is 25.1 Å². The molecular weight excluding hydrogens is 488 g/mol. The zero-order chi connectivity index (χ0) is 26.7. The fraction of sp³-hybridized carbons (Fsp3) is 0.357. The van der Waals surface area contributed by atoms with Crippen LogP contribution in [0.4, 0.5) is 14.7 Å². The highest BCUT2D eigenvalue weighted by Crippen LogP contribution is 2.69. The van der Waals surface area contributed by atoms with Crippen molar-refractivity contribution in [1.29, 1.82) is 0 Å². The molecule has 0 saturated heterocycles. The summed E-state index contributed by atoms with van der Waals surface area (Å²) < 4.78 is 29.1. The van der Waals surface area contributed by atoms with Crippen LogP contribution in [-0.2, 0) is 5.41 Å². The minimum atomic E-state index is -0.661. The molecule has 8 nitrogen and oxygen atoms in total. The summed E-state index contributed by atoms with van der Waals surface area (Å²) in [6, 6.07) is 7.51. The SMILES string of the molecule is C[C@H](O)CNc1ncc(-c2nccc([C@@]34CC[C@@H](c5cc(-c6c(F)cccc6F)nnc53)C4(C)C)n2)cn1. The maximum atomic E-state index is 14.5. The molecule has 3 aromatic heterocycles. The van der Waals surface area contributed by atoms with E-state index in [-0.39, 0.29) is 22.6 Å². The molecule has 4 aromatic rings. The molecule has 0 amide bonds. The minimum Gasteiger partial charge on any atom is -0.392 e.